The smallest absolute Gasteiger partial charge is 0.410 e. The van der Waals surface area contributed by atoms with E-state index in [9.17, 15) is 73.5 Å². The van der Waals surface area contributed by atoms with Crippen LogP contribution in [-0.4, -0.2) is 279 Å². The third-order valence-corrected chi connectivity index (χ3v) is 20.6. The van der Waals surface area contributed by atoms with Crippen LogP contribution in [0.4, 0.5) is 9.59 Å². The molecule has 2 aliphatic rings. The summed E-state index contributed by atoms with van der Waals surface area (Å²) in [5.41, 5.74) is 8.05. The summed E-state index contributed by atoms with van der Waals surface area (Å²) in [5.74, 6) is 1.17. The highest BCUT2D eigenvalue weighted by Gasteiger charge is 2.46. The number of aromatic nitrogens is 3. The number of carboxylic acids is 1. The first-order valence-corrected chi connectivity index (χ1v) is 38.3. The molecule has 0 aliphatic carbocycles. The van der Waals surface area contributed by atoms with E-state index in [1.807, 2.05) is 13.8 Å². The number of carbonyl (C=O) groups excluding carboxylic acids is 9. The molecular formula is C73H112N14O21S2. The molecule has 612 valence electrons. The Morgan fingerprint density at radius 3 is 1.91 bits per heavy atom. The number of aliphatic hydroxyl groups is 4. The normalized spacial score (nSPS) is 18.5. The number of aryl methyl sites for hydroxylation is 1. The van der Waals surface area contributed by atoms with E-state index in [1.165, 1.54) is 71.7 Å². The van der Waals surface area contributed by atoms with Crippen LogP contribution in [0.1, 0.15) is 111 Å². The molecule has 2 unspecified atom stereocenters. The summed E-state index contributed by atoms with van der Waals surface area (Å²) in [7, 11) is 5.70. The Balaban J connectivity index is 1.49. The summed E-state index contributed by atoms with van der Waals surface area (Å²) in [4.78, 5) is 139. The number of benzene rings is 1. The molecule has 0 spiro atoms. The lowest BCUT2D eigenvalue weighted by Crippen LogP contribution is -2.60. The van der Waals surface area contributed by atoms with Crippen molar-refractivity contribution in [2.75, 3.05) is 93.2 Å². The van der Waals surface area contributed by atoms with E-state index in [2.05, 4.69) is 38.2 Å². The minimum absolute atomic E-state index is 0.000923. The van der Waals surface area contributed by atoms with Gasteiger partial charge in [0.25, 0.3) is 11.8 Å². The number of carbonyl (C=O) groups is 10. The Hall–Kier alpha value is -8.79. The predicted molar refractivity (Wildman–Crippen MR) is 407 cm³/mol. The fraction of sp³-hybridized carbons (Fsp3) is 0.616. The standard InChI is InChI=1S/C73H112N14O21S2/c1-16-47(54(17-2)109-18-3)51(107-72(101)82(14)61(42(8)9)69(99)78-59(40(4)5)67(97)76-12)33-44(74)36-85(75)27-25-84(57(91)39-104-32-31-103-30-29-87-55(89)22-23-56(87)90)26-28-86-37-45(80-81-86)34-52(108-73(102)83(15)62(43(10)11)70(100)79-60(41(6)7)68(98)77-13)48-20-21-50(49-35-46(110-66(48)49)19-24-58(92)93)105-71-65(96)64(95)63(94)53(38-88)106-71/h16,20-23,35-37,40-43,51-53,59-65,71,88,94-96H,1,17-19,24-34,38-39,74-75H2,2-15H3,(H,76,97)(H,77,98)(H,78,99)(H,79,100)(H,92,93)/b44-36-,54-47-/t51?,52?,53-,59+,60+,61+,62+,63+,64+,65-,71-/m1/s1. The van der Waals surface area contributed by atoms with Gasteiger partial charge in [-0.05, 0) is 59.3 Å². The van der Waals surface area contributed by atoms with Gasteiger partial charge in [0, 0.05) is 110 Å². The summed E-state index contributed by atoms with van der Waals surface area (Å²) in [6.07, 6.45) is -5.61. The number of imide groups is 1. The lowest BCUT2D eigenvalue weighted by atomic mass is 9.99. The molecule has 2 aromatic heterocycles. The second-order valence-corrected chi connectivity index (χ2v) is 30.2. The molecule has 0 bridgehead atoms. The highest BCUT2D eigenvalue weighted by molar-refractivity contribution is 8.03. The Morgan fingerprint density at radius 1 is 0.782 bits per heavy atom. The van der Waals surface area contributed by atoms with Crippen LogP contribution < -0.4 is 37.6 Å². The van der Waals surface area contributed by atoms with Gasteiger partial charge in [0.2, 0.25) is 35.8 Å². The number of hydrogen-bond acceptors (Lipinski definition) is 27. The molecule has 35 nitrogen and oxygen atoms in total. The first-order valence-electron chi connectivity index (χ1n) is 36.5. The third kappa shape index (κ3) is 25.9. The number of rotatable bonds is 45. The molecule has 11 atom stereocenters. The van der Waals surface area contributed by atoms with E-state index >= 15 is 0 Å². The minimum atomic E-state index is -1.81. The van der Waals surface area contributed by atoms with Gasteiger partial charge >= 0.3 is 18.2 Å². The van der Waals surface area contributed by atoms with Crippen LogP contribution in [0.15, 0.2) is 71.6 Å². The molecule has 0 saturated carbocycles. The molecule has 110 heavy (non-hydrogen) atoms. The first-order chi connectivity index (χ1) is 52.1. The number of nitrogens with one attached hydrogen (secondary N) is 4. The average Bonchev–Trinajstić information content (AvgIpc) is 1.55. The highest BCUT2D eigenvalue weighted by atomic mass is 32.2. The fourth-order valence-corrected chi connectivity index (χ4v) is 14.5. The van der Waals surface area contributed by atoms with Gasteiger partial charge in [-0.3, -0.25) is 57.7 Å². The number of carboxylic acid groups (broad SMARTS) is 1. The number of amides is 9. The van der Waals surface area contributed by atoms with Crippen LogP contribution in [-0.2, 0) is 81.4 Å². The molecule has 1 aromatic carbocycles. The second-order valence-electron chi connectivity index (χ2n) is 27.8. The number of aliphatic carboxylic acids is 1. The minimum Gasteiger partial charge on any atom is -0.481 e. The lowest BCUT2D eigenvalue weighted by Gasteiger charge is -2.39. The van der Waals surface area contributed by atoms with Gasteiger partial charge in [-0.2, -0.15) is 0 Å². The summed E-state index contributed by atoms with van der Waals surface area (Å²) in [6.45, 7) is 20.6. The van der Waals surface area contributed by atoms with Crippen LogP contribution in [0.25, 0.3) is 10.1 Å². The number of nitrogens with zero attached hydrogens (tertiary/aromatic N) is 8. The Labute approximate surface area is 649 Å². The van der Waals surface area contributed by atoms with Gasteiger partial charge in [0.1, 0.15) is 73.1 Å². The molecule has 1 saturated heterocycles. The largest absolute Gasteiger partial charge is 0.481 e. The Kier molecular flexibility index (Phi) is 37.0. The Morgan fingerprint density at radius 2 is 1.37 bits per heavy atom. The van der Waals surface area contributed by atoms with E-state index < -0.39 is 152 Å². The van der Waals surface area contributed by atoms with E-state index in [-0.39, 0.29) is 107 Å². The molecule has 13 N–H and O–H groups in total. The number of hydrazine groups is 1. The van der Waals surface area contributed by atoms with Crippen LogP contribution >= 0.6 is 23.1 Å². The second kappa shape index (κ2) is 44.3. The number of fused-ring (bicyclic) bond motifs is 1. The zero-order valence-corrected chi connectivity index (χ0v) is 66.7. The molecule has 0 radical (unpaired) electrons. The molecule has 3 aromatic rings. The lowest BCUT2D eigenvalue weighted by molar-refractivity contribution is -0.277. The molecule has 2 aliphatic heterocycles. The Bertz CT molecular complexity index is 3710. The van der Waals surface area contributed by atoms with Crippen molar-refractivity contribution in [1.29, 1.82) is 0 Å². The van der Waals surface area contributed by atoms with Crippen molar-refractivity contribution in [3.8, 4) is 5.75 Å². The number of nitrogens with two attached hydrogens (primary N) is 2. The maximum atomic E-state index is 14.8. The maximum absolute atomic E-state index is 14.8. The quantitative estimate of drug-likeness (QED) is 0.0127. The highest BCUT2D eigenvalue weighted by Crippen LogP contribution is 2.42. The monoisotopic (exact) mass is 1580 g/mol. The van der Waals surface area contributed by atoms with Gasteiger partial charge < -0.3 is 90.9 Å². The molecule has 5 rings (SSSR count). The number of aliphatic hydroxyl groups excluding tert-OH is 4. The van der Waals surface area contributed by atoms with Crippen molar-refractivity contribution < 1.29 is 102 Å². The van der Waals surface area contributed by atoms with Crippen molar-refractivity contribution in [3.63, 3.8) is 0 Å². The van der Waals surface area contributed by atoms with Crippen LogP contribution in [0.2, 0.25) is 0 Å². The summed E-state index contributed by atoms with van der Waals surface area (Å²) >= 11 is 2.67. The predicted octanol–water partition coefficient (Wildman–Crippen LogP) is 2.06. The maximum Gasteiger partial charge on any atom is 0.410 e. The number of ether oxygens (including phenoxy) is 6. The van der Waals surface area contributed by atoms with E-state index in [1.54, 1.807) is 79.8 Å². The van der Waals surface area contributed by atoms with Gasteiger partial charge in [-0.25, -0.2) is 15.4 Å². The van der Waals surface area contributed by atoms with Crippen LogP contribution in [0.3, 0.4) is 0 Å². The van der Waals surface area contributed by atoms with E-state index in [0.29, 0.717) is 38.3 Å². The van der Waals surface area contributed by atoms with Crippen molar-refractivity contribution >= 4 is 92.7 Å². The molecule has 9 amide bonds. The zero-order valence-electron chi connectivity index (χ0n) is 65.1. The number of thiophene rings is 1. The fourth-order valence-electron chi connectivity index (χ4n) is 12.3. The molecule has 4 heterocycles. The summed E-state index contributed by atoms with van der Waals surface area (Å²) in [5, 5.41) is 73.1. The number of thioether (sulfide) groups is 1. The van der Waals surface area contributed by atoms with Crippen LogP contribution in [0.5, 0.6) is 5.75 Å². The number of allylic oxidation sites excluding steroid dienone is 1. The van der Waals surface area contributed by atoms with Gasteiger partial charge in [0.15, 0.2) is 0 Å². The van der Waals surface area contributed by atoms with Gasteiger partial charge in [0.05, 0.1) is 58.2 Å². The zero-order chi connectivity index (χ0) is 82.0. The van der Waals surface area contributed by atoms with Crippen molar-refractivity contribution in [2.45, 2.75) is 175 Å². The number of hydrogen-bond donors (Lipinski definition) is 11. The van der Waals surface area contributed by atoms with E-state index in [0.717, 1.165) is 38.2 Å². The van der Waals surface area contributed by atoms with Crippen molar-refractivity contribution in [1.82, 2.24) is 60.9 Å². The molecular weight excluding hydrogens is 1470 g/mol. The average molecular weight is 1590 g/mol. The topological polar surface area (TPSA) is 474 Å². The van der Waals surface area contributed by atoms with Crippen molar-refractivity contribution in [3.05, 3.63) is 87.7 Å². The SMILES string of the molecule is C=C/C(=C(\CC)SCC)C(C/C(N)=C/N(N)CCN(CCn1cc(CC(OC(=O)N(C)[C@H](C(=O)N[C@H](C(=O)NC)C(C)C)C(C)C)c2ccc(O[C@@H]3O[C@H](CO)[C@H](O)[C@H](O)[C@H]3O)c3cc(CCC(=O)O)sc23)nn1)C(=O)COCCOCCN1C(=O)C=CC1=O)OC(=O)N(C)[C@H](C(=O)N[C@H](C(=O)NC)C(C)C)C(C)C. The van der Waals surface area contributed by atoms with Crippen molar-refractivity contribution in [2.24, 2.45) is 35.2 Å². The molecule has 37 heteroatoms. The summed E-state index contributed by atoms with van der Waals surface area (Å²) < 4.78 is 37.7. The first kappa shape index (κ1) is 91.8. The van der Waals surface area contributed by atoms with Gasteiger partial charge in [-0.1, -0.05) is 93.2 Å². The third-order valence-electron chi connectivity index (χ3n) is 18.2. The van der Waals surface area contributed by atoms with Crippen LogP contribution in [0, 0.1) is 23.7 Å². The van der Waals surface area contributed by atoms with Gasteiger partial charge in [-0.15, -0.1) is 28.2 Å². The number of likely N-dealkylation sites (N-methyl/N-ethyl adjacent to an activating group) is 4. The molecule has 1 fully saturated rings. The van der Waals surface area contributed by atoms with E-state index in [4.69, 9.17) is 40.0 Å². The summed E-state index contributed by atoms with van der Waals surface area (Å²) in [6, 6.07) is 0.550.